The summed E-state index contributed by atoms with van der Waals surface area (Å²) in [6, 6.07) is 2.01. The topological polar surface area (TPSA) is 35.0 Å². The Balaban J connectivity index is 2.05. The van der Waals surface area contributed by atoms with E-state index in [2.05, 4.69) is 26.1 Å². The summed E-state index contributed by atoms with van der Waals surface area (Å²) < 4.78 is 5.93. The van der Waals surface area contributed by atoms with Crippen molar-refractivity contribution in [3.8, 4) is 5.88 Å². The molecule has 1 aliphatic rings. The fraction of sp³-hybridized carbons (Fsp3) is 0.600. The van der Waals surface area contributed by atoms with Crippen LogP contribution in [-0.2, 0) is 6.42 Å². The standard InChI is InChI=1S/C10H13BrN2OS/c1-14-10-9(11)5-8(12-13-10)4-7-2-3-15-6-7/h5,7H,2-4,6H2,1H3. The molecule has 2 rings (SSSR count). The molecule has 1 saturated heterocycles. The zero-order valence-electron chi connectivity index (χ0n) is 8.57. The van der Waals surface area contributed by atoms with Gasteiger partial charge in [-0.1, -0.05) is 0 Å². The Labute approximate surface area is 102 Å². The highest BCUT2D eigenvalue weighted by Crippen LogP contribution is 2.28. The first-order chi connectivity index (χ1) is 7.29. The van der Waals surface area contributed by atoms with Crippen LogP contribution in [0.2, 0.25) is 0 Å². The van der Waals surface area contributed by atoms with E-state index in [1.54, 1.807) is 7.11 Å². The molecule has 0 spiro atoms. The first kappa shape index (κ1) is 11.2. The molecular weight excluding hydrogens is 276 g/mol. The fourth-order valence-electron chi connectivity index (χ4n) is 1.67. The second-order valence-corrected chi connectivity index (χ2v) is 5.63. The number of methoxy groups -OCH3 is 1. The van der Waals surface area contributed by atoms with Gasteiger partial charge in [0.15, 0.2) is 0 Å². The van der Waals surface area contributed by atoms with Crippen molar-refractivity contribution in [1.29, 1.82) is 0 Å². The molecule has 1 aromatic rings. The molecule has 82 valence electrons. The third-order valence-electron chi connectivity index (χ3n) is 2.48. The maximum Gasteiger partial charge on any atom is 0.247 e. The van der Waals surface area contributed by atoms with Crippen LogP contribution in [0, 0.1) is 5.92 Å². The molecule has 0 aromatic carbocycles. The molecule has 0 bridgehead atoms. The van der Waals surface area contributed by atoms with Gasteiger partial charge in [-0.15, -0.1) is 5.10 Å². The van der Waals surface area contributed by atoms with Crippen LogP contribution in [-0.4, -0.2) is 28.8 Å². The van der Waals surface area contributed by atoms with Gasteiger partial charge < -0.3 is 4.74 Å². The van der Waals surface area contributed by atoms with Gasteiger partial charge in [0.1, 0.15) is 0 Å². The van der Waals surface area contributed by atoms with Gasteiger partial charge in [-0.25, -0.2) is 0 Å². The molecule has 1 atom stereocenters. The number of thioether (sulfide) groups is 1. The van der Waals surface area contributed by atoms with Gasteiger partial charge in [0, 0.05) is 0 Å². The lowest BCUT2D eigenvalue weighted by molar-refractivity contribution is 0.387. The van der Waals surface area contributed by atoms with Crippen molar-refractivity contribution < 1.29 is 4.74 Å². The SMILES string of the molecule is COc1nnc(CC2CCSC2)cc1Br. The minimum atomic E-state index is 0.555. The molecule has 15 heavy (non-hydrogen) atoms. The van der Waals surface area contributed by atoms with E-state index in [9.17, 15) is 0 Å². The van der Waals surface area contributed by atoms with E-state index >= 15 is 0 Å². The molecule has 0 amide bonds. The summed E-state index contributed by atoms with van der Waals surface area (Å²) >= 11 is 5.45. The van der Waals surface area contributed by atoms with Gasteiger partial charge >= 0.3 is 0 Å². The quantitative estimate of drug-likeness (QED) is 0.856. The highest BCUT2D eigenvalue weighted by molar-refractivity contribution is 9.10. The molecule has 1 unspecified atom stereocenters. The van der Waals surface area contributed by atoms with Gasteiger partial charge in [-0.3, -0.25) is 0 Å². The smallest absolute Gasteiger partial charge is 0.247 e. The first-order valence-electron chi connectivity index (χ1n) is 4.93. The van der Waals surface area contributed by atoms with Crippen molar-refractivity contribution in [1.82, 2.24) is 10.2 Å². The zero-order chi connectivity index (χ0) is 10.7. The zero-order valence-corrected chi connectivity index (χ0v) is 11.0. The largest absolute Gasteiger partial charge is 0.479 e. The molecular formula is C10H13BrN2OS. The Kier molecular flexibility index (Phi) is 3.86. The van der Waals surface area contributed by atoms with Gasteiger partial charge in [-0.2, -0.15) is 16.9 Å². The van der Waals surface area contributed by atoms with Crippen LogP contribution in [0.15, 0.2) is 10.5 Å². The van der Waals surface area contributed by atoms with Gasteiger partial charge in [-0.05, 0) is 52.3 Å². The molecule has 1 aromatic heterocycles. The third-order valence-corrected chi connectivity index (χ3v) is 4.28. The second-order valence-electron chi connectivity index (χ2n) is 3.63. The van der Waals surface area contributed by atoms with E-state index in [4.69, 9.17) is 4.74 Å². The van der Waals surface area contributed by atoms with Crippen LogP contribution < -0.4 is 4.74 Å². The average molecular weight is 289 g/mol. The van der Waals surface area contributed by atoms with Crippen molar-refractivity contribution in [2.75, 3.05) is 18.6 Å². The van der Waals surface area contributed by atoms with Crippen LogP contribution >= 0.6 is 27.7 Å². The Morgan fingerprint density at radius 3 is 3.07 bits per heavy atom. The van der Waals surface area contributed by atoms with Crippen molar-refractivity contribution >= 4 is 27.7 Å². The average Bonchev–Trinajstić information content (AvgIpc) is 2.71. The van der Waals surface area contributed by atoms with Crippen LogP contribution in [0.25, 0.3) is 0 Å². The number of ether oxygens (including phenoxy) is 1. The monoisotopic (exact) mass is 288 g/mol. The lowest BCUT2D eigenvalue weighted by atomic mass is 10.0. The molecule has 1 fully saturated rings. The Bertz CT molecular complexity index is 342. The summed E-state index contributed by atoms with van der Waals surface area (Å²) in [6.45, 7) is 0. The minimum Gasteiger partial charge on any atom is -0.479 e. The lowest BCUT2D eigenvalue weighted by Crippen LogP contribution is -2.05. The summed E-state index contributed by atoms with van der Waals surface area (Å²) in [5.74, 6) is 3.87. The molecule has 0 N–H and O–H groups in total. The summed E-state index contributed by atoms with van der Waals surface area (Å²) in [6.07, 6.45) is 2.33. The minimum absolute atomic E-state index is 0.555. The van der Waals surface area contributed by atoms with Crippen LogP contribution in [0.5, 0.6) is 5.88 Å². The van der Waals surface area contributed by atoms with Gasteiger partial charge in [0.25, 0.3) is 0 Å². The number of hydrogen-bond donors (Lipinski definition) is 0. The second kappa shape index (κ2) is 5.16. The Hall–Kier alpha value is -0.290. The first-order valence-corrected chi connectivity index (χ1v) is 6.88. The molecule has 0 aliphatic carbocycles. The maximum atomic E-state index is 5.05. The van der Waals surface area contributed by atoms with Crippen molar-refractivity contribution in [2.24, 2.45) is 5.92 Å². The molecule has 0 radical (unpaired) electrons. The number of aromatic nitrogens is 2. The third kappa shape index (κ3) is 2.84. The fourth-order valence-corrected chi connectivity index (χ4v) is 3.46. The Morgan fingerprint density at radius 1 is 1.60 bits per heavy atom. The van der Waals surface area contributed by atoms with Crippen molar-refractivity contribution in [2.45, 2.75) is 12.8 Å². The maximum absolute atomic E-state index is 5.05. The van der Waals surface area contributed by atoms with Crippen LogP contribution in [0.3, 0.4) is 0 Å². The predicted molar refractivity (Wildman–Crippen MR) is 65.4 cm³/mol. The van der Waals surface area contributed by atoms with E-state index in [1.807, 2.05) is 17.8 Å². The normalized spacial score (nSPS) is 20.5. The van der Waals surface area contributed by atoms with Gasteiger partial charge in [0.05, 0.1) is 17.3 Å². The molecule has 1 aliphatic heterocycles. The van der Waals surface area contributed by atoms with E-state index in [-0.39, 0.29) is 0 Å². The molecule has 0 saturated carbocycles. The van der Waals surface area contributed by atoms with E-state index in [1.165, 1.54) is 17.9 Å². The van der Waals surface area contributed by atoms with E-state index in [0.29, 0.717) is 5.88 Å². The summed E-state index contributed by atoms with van der Waals surface area (Å²) in [4.78, 5) is 0. The number of rotatable bonds is 3. The molecule has 2 heterocycles. The number of nitrogens with zero attached hydrogens (tertiary/aromatic N) is 2. The van der Waals surface area contributed by atoms with E-state index < -0.39 is 0 Å². The van der Waals surface area contributed by atoms with E-state index in [0.717, 1.165) is 22.5 Å². The summed E-state index contributed by atoms with van der Waals surface area (Å²) in [5.41, 5.74) is 1.05. The predicted octanol–water partition coefficient (Wildman–Crippen LogP) is 2.54. The Morgan fingerprint density at radius 2 is 2.47 bits per heavy atom. The van der Waals surface area contributed by atoms with Gasteiger partial charge in [0.2, 0.25) is 5.88 Å². The highest BCUT2D eigenvalue weighted by atomic mass is 79.9. The lowest BCUT2D eigenvalue weighted by Gasteiger charge is -2.08. The molecule has 5 heteroatoms. The summed E-state index contributed by atoms with van der Waals surface area (Å²) in [5, 5.41) is 8.17. The molecule has 3 nitrogen and oxygen atoms in total. The highest BCUT2D eigenvalue weighted by Gasteiger charge is 2.17. The van der Waals surface area contributed by atoms with Crippen molar-refractivity contribution in [3.63, 3.8) is 0 Å². The van der Waals surface area contributed by atoms with Crippen LogP contribution in [0.1, 0.15) is 12.1 Å². The number of halogens is 1. The van der Waals surface area contributed by atoms with Crippen LogP contribution in [0.4, 0.5) is 0 Å². The summed E-state index contributed by atoms with van der Waals surface area (Å²) in [7, 11) is 1.60. The number of hydrogen-bond acceptors (Lipinski definition) is 4. The van der Waals surface area contributed by atoms with Crippen molar-refractivity contribution in [3.05, 3.63) is 16.2 Å².